The van der Waals surface area contributed by atoms with Crippen LogP contribution in [0.4, 0.5) is 17.1 Å². The third-order valence-corrected chi connectivity index (χ3v) is 1.55. The van der Waals surface area contributed by atoms with Crippen LogP contribution in [0.2, 0.25) is 0 Å². The summed E-state index contributed by atoms with van der Waals surface area (Å²) < 4.78 is 0. The summed E-state index contributed by atoms with van der Waals surface area (Å²) in [4.78, 5) is 18.9. The number of nitro benzene ring substituents is 2. The lowest BCUT2D eigenvalue weighted by Gasteiger charge is -1.99. The Balaban J connectivity index is 3.49. The van der Waals surface area contributed by atoms with Gasteiger partial charge in [-0.25, -0.2) is 0 Å². The lowest BCUT2D eigenvalue weighted by atomic mass is 10.2. The Bertz CT molecular complexity index is 416. The van der Waals surface area contributed by atoms with Crippen LogP contribution in [0.1, 0.15) is 0 Å². The summed E-state index contributed by atoms with van der Waals surface area (Å²) in [6.07, 6.45) is 0. The topological polar surface area (TPSA) is 133 Å². The van der Waals surface area contributed by atoms with Gasteiger partial charge < -0.3 is 10.8 Å². The Morgan fingerprint density at radius 3 is 2.21 bits per heavy atom. The highest BCUT2D eigenvalue weighted by Crippen LogP contribution is 2.38. The van der Waals surface area contributed by atoms with Gasteiger partial charge in [0.15, 0.2) is 11.4 Å². The Morgan fingerprint density at radius 2 is 1.79 bits per heavy atom. The highest BCUT2D eigenvalue weighted by atomic mass is 16.6. The zero-order chi connectivity index (χ0) is 10.9. The molecule has 1 rings (SSSR count). The molecule has 0 fully saturated rings. The second-order valence-electron chi connectivity index (χ2n) is 2.38. The predicted molar refractivity (Wildman–Crippen MR) is 45.8 cm³/mol. The van der Waals surface area contributed by atoms with E-state index in [1.807, 2.05) is 0 Å². The fourth-order valence-corrected chi connectivity index (χ4v) is 0.937. The number of nitrogen functional groups attached to an aromatic ring is 1. The maximum absolute atomic E-state index is 10.4. The molecule has 8 heteroatoms. The first-order valence-corrected chi connectivity index (χ1v) is 3.35. The van der Waals surface area contributed by atoms with Crippen LogP contribution in [0, 0.1) is 20.2 Å². The van der Waals surface area contributed by atoms with Crippen molar-refractivity contribution in [2.24, 2.45) is 0 Å². The van der Waals surface area contributed by atoms with E-state index in [-0.39, 0.29) is 0 Å². The van der Waals surface area contributed by atoms with Crippen molar-refractivity contribution in [3.05, 3.63) is 32.4 Å². The van der Waals surface area contributed by atoms with Gasteiger partial charge in [-0.15, -0.1) is 0 Å². The van der Waals surface area contributed by atoms with Crippen molar-refractivity contribution < 1.29 is 15.0 Å². The number of hydrogen-bond acceptors (Lipinski definition) is 6. The second kappa shape index (κ2) is 3.17. The number of nitrogens with zero attached hydrogens (tertiary/aromatic N) is 2. The molecule has 0 aliphatic rings. The van der Waals surface area contributed by atoms with Crippen LogP contribution in [0.3, 0.4) is 0 Å². The molecule has 14 heavy (non-hydrogen) atoms. The highest BCUT2D eigenvalue weighted by Gasteiger charge is 2.26. The van der Waals surface area contributed by atoms with E-state index in [0.29, 0.717) is 0 Å². The SMILES string of the molecule is Nc1c([N+](=O)[O-])ccc(O)c1[N+](=O)[O-]. The third-order valence-electron chi connectivity index (χ3n) is 1.55. The standard InChI is InChI=1S/C6H5N3O5/c7-5-3(8(11)12)1-2-4(10)6(5)9(13)14/h1-2,10H,7H2. The number of nitro groups is 2. The molecule has 0 amide bonds. The van der Waals surface area contributed by atoms with E-state index in [9.17, 15) is 20.2 Å². The molecule has 0 unspecified atom stereocenters. The van der Waals surface area contributed by atoms with E-state index in [1.165, 1.54) is 0 Å². The van der Waals surface area contributed by atoms with Gasteiger partial charge in [0.1, 0.15) is 0 Å². The molecule has 0 radical (unpaired) electrons. The van der Waals surface area contributed by atoms with Gasteiger partial charge in [-0.3, -0.25) is 20.2 Å². The lowest BCUT2D eigenvalue weighted by Crippen LogP contribution is -2.00. The summed E-state index contributed by atoms with van der Waals surface area (Å²) in [6.45, 7) is 0. The average Bonchev–Trinajstić information content (AvgIpc) is 2.02. The molecule has 0 atom stereocenters. The van der Waals surface area contributed by atoms with Crippen LogP contribution in [0.15, 0.2) is 12.1 Å². The van der Waals surface area contributed by atoms with Crippen LogP contribution in [0.5, 0.6) is 5.75 Å². The van der Waals surface area contributed by atoms with E-state index in [4.69, 9.17) is 10.8 Å². The summed E-state index contributed by atoms with van der Waals surface area (Å²) >= 11 is 0. The van der Waals surface area contributed by atoms with Crippen molar-refractivity contribution in [2.75, 3.05) is 5.73 Å². The summed E-state index contributed by atoms with van der Waals surface area (Å²) in [5, 5.41) is 29.7. The number of phenols is 1. The van der Waals surface area contributed by atoms with E-state index < -0.39 is 32.7 Å². The number of phenolic OH excluding ortho intramolecular Hbond substituents is 1. The number of aromatic hydroxyl groups is 1. The van der Waals surface area contributed by atoms with Crippen molar-refractivity contribution in [3.63, 3.8) is 0 Å². The van der Waals surface area contributed by atoms with Gasteiger partial charge in [0.25, 0.3) is 5.69 Å². The third kappa shape index (κ3) is 1.40. The van der Waals surface area contributed by atoms with E-state index in [2.05, 4.69) is 0 Å². The molecule has 1 aromatic rings. The molecule has 0 spiro atoms. The molecule has 0 heterocycles. The molecule has 0 saturated heterocycles. The molecular formula is C6H5N3O5. The fourth-order valence-electron chi connectivity index (χ4n) is 0.937. The molecule has 0 aromatic heterocycles. The molecule has 0 saturated carbocycles. The second-order valence-corrected chi connectivity index (χ2v) is 2.38. The van der Waals surface area contributed by atoms with Crippen LogP contribution < -0.4 is 5.73 Å². The predicted octanol–water partition coefficient (Wildman–Crippen LogP) is 0.791. The molecule has 0 bridgehead atoms. The van der Waals surface area contributed by atoms with E-state index >= 15 is 0 Å². The van der Waals surface area contributed by atoms with Gasteiger partial charge >= 0.3 is 5.69 Å². The number of nitrogens with two attached hydrogens (primary N) is 1. The summed E-state index contributed by atoms with van der Waals surface area (Å²) in [5.74, 6) is -0.696. The van der Waals surface area contributed by atoms with Crippen molar-refractivity contribution in [2.45, 2.75) is 0 Å². The quantitative estimate of drug-likeness (QED) is 0.411. The van der Waals surface area contributed by atoms with Crippen LogP contribution in [0.25, 0.3) is 0 Å². The summed E-state index contributed by atoms with van der Waals surface area (Å²) in [6, 6.07) is 1.75. The van der Waals surface area contributed by atoms with Crippen LogP contribution in [-0.2, 0) is 0 Å². The largest absolute Gasteiger partial charge is 0.502 e. The smallest absolute Gasteiger partial charge is 0.340 e. The molecule has 8 nitrogen and oxygen atoms in total. The number of anilines is 1. The lowest BCUT2D eigenvalue weighted by molar-refractivity contribution is -0.392. The van der Waals surface area contributed by atoms with Gasteiger partial charge in [-0.05, 0) is 6.07 Å². The van der Waals surface area contributed by atoms with Gasteiger partial charge in [0.2, 0.25) is 0 Å². The van der Waals surface area contributed by atoms with Crippen molar-refractivity contribution >= 4 is 17.1 Å². The monoisotopic (exact) mass is 199 g/mol. The Labute approximate surface area is 76.9 Å². The van der Waals surface area contributed by atoms with Crippen molar-refractivity contribution in [3.8, 4) is 5.75 Å². The maximum Gasteiger partial charge on any atom is 0.340 e. The number of rotatable bonds is 2. The fraction of sp³-hybridized carbons (Fsp3) is 0. The molecule has 3 N–H and O–H groups in total. The first-order chi connectivity index (χ1) is 6.45. The normalized spacial score (nSPS) is 9.71. The molecule has 0 aliphatic carbocycles. The molecular weight excluding hydrogens is 194 g/mol. The van der Waals surface area contributed by atoms with Crippen LogP contribution >= 0.6 is 0 Å². The van der Waals surface area contributed by atoms with E-state index in [0.717, 1.165) is 12.1 Å². The summed E-state index contributed by atoms with van der Waals surface area (Å²) in [5.41, 5.74) is 3.04. The number of benzene rings is 1. The first-order valence-electron chi connectivity index (χ1n) is 3.35. The minimum Gasteiger partial charge on any atom is -0.502 e. The van der Waals surface area contributed by atoms with Crippen molar-refractivity contribution in [1.82, 2.24) is 0 Å². The Kier molecular flexibility index (Phi) is 2.19. The molecule has 74 valence electrons. The maximum atomic E-state index is 10.4. The minimum absolute atomic E-state index is 0.602. The highest BCUT2D eigenvalue weighted by molar-refractivity contribution is 5.75. The minimum atomic E-state index is -0.975. The van der Waals surface area contributed by atoms with Gasteiger partial charge in [-0.1, -0.05) is 0 Å². The summed E-state index contributed by atoms with van der Waals surface area (Å²) in [7, 11) is 0. The average molecular weight is 199 g/mol. The first kappa shape index (κ1) is 9.71. The zero-order valence-electron chi connectivity index (χ0n) is 6.71. The Morgan fingerprint density at radius 1 is 1.21 bits per heavy atom. The Hall–Kier alpha value is -2.38. The van der Waals surface area contributed by atoms with Crippen molar-refractivity contribution in [1.29, 1.82) is 0 Å². The number of hydrogen-bond donors (Lipinski definition) is 2. The van der Waals surface area contributed by atoms with Gasteiger partial charge in [0, 0.05) is 6.07 Å². The van der Waals surface area contributed by atoms with E-state index in [1.54, 1.807) is 0 Å². The van der Waals surface area contributed by atoms with Gasteiger partial charge in [0.05, 0.1) is 9.85 Å². The van der Waals surface area contributed by atoms with Crippen LogP contribution in [-0.4, -0.2) is 15.0 Å². The molecule has 0 aliphatic heterocycles. The molecule has 1 aromatic carbocycles. The van der Waals surface area contributed by atoms with Gasteiger partial charge in [-0.2, -0.15) is 0 Å². The zero-order valence-corrected chi connectivity index (χ0v) is 6.71.